The molecule has 0 bridgehead atoms. The van der Waals surface area contributed by atoms with Crippen LogP contribution in [0, 0.1) is 0 Å². The van der Waals surface area contributed by atoms with E-state index in [1.165, 1.54) is 6.92 Å². The van der Waals surface area contributed by atoms with Crippen molar-refractivity contribution in [2.45, 2.75) is 25.7 Å². The zero-order valence-electron chi connectivity index (χ0n) is 10.1. The maximum absolute atomic E-state index is 12.6. The van der Waals surface area contributed by atoms with Crippen molar-refractivity contribution in [3.8, 4) is 0 Å². The Morgan fingerprint density at radius 3 is 2.25 bits per heavy atom. The van der Waals surface area contributed by atoms with Gasteiger partial charge in [-0.05, 0) is 18.6 Å². The number of pyridine rings is 1. The highest BCUT2D eigenvalue weighted by atomic mass is 19.4. The van der Waals surface area contributed by atoms with Gasteiger partial charge in [-0.25, -0.2) is 0 Å². The molecule has 0 aliphatic heterocycles. The minimum atomic E-state index is -4.95. The maximum atomic E-state index is 12.6. The van der Waals surface area contributed by atoms with Crippen molar-refractivity contribution in [2.75, 3.05) is 6.61 Å². The van der Waals surface area contributed by atoms with Crippen LogP contribution in [0.25, 0.3) is 0 Å². The van der Waals surface area contributed by atoms with Crippen molar-refractivity contribution < 1.29 is 35.9 Å². The molecule has 20 heavy (non-hydrogen) atoms. The van der Waals surface area contributed by atoms with Crippen LogP contribution in [0.15, 0.2) is 12.3 Å². The number of hydrogen-bond acceptors (Lipinski definition) is 3. The van der Waals surface area contributed by atoms with Gasteiger partial charge < -0.3 is 4.74 Å². The van der Waals surface area contributed by atoms with Gasteiger partial charge in [-0.1, -0.05) is 0 Å². The molecule has 0 amide bonds. The molecular weight excluding hydrogens is 292 g/mol. The van der Waals surface area contributed by atoms with Gasteiger partial charge in [0.2, 0.25) is 0 Å². The predicted molar refractivity (Wildman–Crippen MR) is 54.6 cm³/mol. The van der Waals surface area contributed by atoms with Gasteiger partial charge in [0.25, 0.3) is 0 Å². The molecule has 9 heteroatoms. The van der Waals surface area contributed by atoms with Gasteiger partial charge in [0.15, 0.2) is 0 Å². The van der Waals surface area contributed by atoms with Crippen molar-refractivity contribution in [3.05, 3.63) is 29.1 Å². The van der Waals surface area contributed by atoms with E-state index in [1.54, 1.807) is 0 Å². The minimum Gasteiger partial charge on any atom is -0.466 e. The predicted octanol–water partition coefficient (Wildman–Crippen LogP) is 3.22. The number of ether oxygens (including phenoxy) is 1. The maximum Gasteiger partial charge on any atom is 0.433 e. The van der Waals surface area contributed by atoms with E-state index >= 15 is 0 Å². The van der Waals surface area contributed by atoms with Crippen molar-refractivity contribution in [2.24, 2.45) is 0 Å². The van der Waals surface area contributed by atoms with Gasteiger partial charge >= 0.3 is 18.3 Å². The second-order valence-corrected chi connectivity index (χ2v) is 3.71. The Morgan fingerprint density at radius 1 is 1.20 bits per heavy atom. The molecule has 112 valence electrons. The van der Waals surface area contributed by atoms with Crippen LogP contribution in [0.4, 0.5) is 26.3 Å². The van der Waals surface area contributed by atoms with Crippen molar-refractivity contribution in [3.63, 3.8) is 0 Å². The molecular formula is C11H9F6NO2. The molecule has 0 spiro atoms. The topological polar surface area (TPSA) is 39.2 Å². The van der Waals surface area contributed by atoms with Crippen molar-refractivity contribution in [1.82, 2.24) is 4.98 Å². The third-order valence-corrected chi connectivity index (χ3v) is 2.20. The summed E-state index contributed by atoms with van der Waals surface area (Å²) in [6.07, 6.45) is -10.6. The van der Waals surface area contributed by atoms with Crippen LogP contribution in [-0.2, 0) is 28.3 Å². The number of carbonyl (C=O) groups is 1. The Labute approximate surface area is 109 Å². The monoisotopic (exact) mass is 301 g/mol. The van der Waals surface area contributed by atoms with E-state index in [1.807, 2.05) is 0 Å². The van der Waals surface area contributed by atoms with Crippen LogP contribution in [-0.4, -0.2) is 17.6 Å². The highest BCUT2D eigenvalue weighted by Crippen LogP contribution is 2.35. The SMILES string of the molecule is CCOC(=O)Cc1cc(C(F)(F)F)cnc1C(F)(F)F. The van der Waals surface area contributed by atoms with Crippen LogP contribution in [0.1, 0.15) is 23.7 Å². The second kappa shape index (κ2) is 5.68. The first-order chi connectivity index (χ1) is 9.05. The van der Waals surface area contributed by atoms with E-state index in [9.17, 15) is 31.1 Å². The quantitative estimate of drug-likeness (QED) is 0.635. The largest absolute Gasteiger partial charge is 0.466 e. The number of aromatic nitrogens is 1. The van der Waals surface area contributed by atoms with Gasteiger partial charge in [-0.2, -0.15) is 26.3 Å². The lowest BCUT2D eigenvalue weighted by Crippen LogP contribution is -2.18. The molecule has 0 fully saturated rings. The highest BCUT2D eigenvalue weighted by molar-refractivity contribution is 5.73. The number of esters is 1. The van der Waals surface area contributed by atoms with E-state index in [-0.39, 0.29) is 18.9 Å². The van der Waals surface area contributed by atoms with Gasteiger partial charge in [0, 0.05) is 6.20 Å². The lowest BCUT2D eigenvalue weighted by Gasteiger charge is -2.14. The standard InChI is InChI=1S/C11H9F6NO2/c1-2-20-8(19)4-6-3-7(10(12,13)14)5-18-9(6)11(15,16)17/h3,5H,2,4H2,1H3. The van der Waals surface area contributed by atoms with Crippen LogP contribution < -0.4 is 0 Å². The van der Waals surface area contributed by atoms with E-state index in [2.05, 4.69) is 9.72 Å². The number of nitrogens with zero attached hydrogens (tertiary/aromatic N) is 1. The summed E-state index contributed by atoms with van der Waals surface area (Å²) in [7, 11) is 0. The number of alkyl halides is 6. The number of hydrogen-bond donors (Lipinski definition) is 0. The Morgan fingerprint density at radius 2 is 1.80 bits per heavy atom. The third kappa shape index (κ3) is 4.10. The van der Waals surface area contributed by atoms with Gasteiger partial charge in [0.1, 0.15) is 5.69 Å². The van der Waals surface area contributed by atoms with Gasteiger partial charge in [0.05, 0.1) is 18.6 Å². The summed E-state index contributed by atoms with van der Waals surface area (Å²) in [6.45, 7) is 1.33. The third-order valence-electron chi connectivity index (χ3n) is 2.20. The van der Waals surface area contributed by atoms with E-state index in [0.717, 1.165) is 0 Å². The molecule has 0 saturated heterocycles. The molecule has 1 aromatic rings. The molecule has 0 radical (unpaired) electrons. The smallest absolute Gasteiger partial charge is 0.433 e. The first kappa shape index (κ1) is 16.3. The van der Waals surface area contributed by atoms with Gasteiger partial charge in [-0.3, -0.25) is 9.78 Å². The Bertz CT molecular complexity index is 495. The molecule has 0 aromatic carbocycles. The summed E-state index contributed by atoms with van der Waals surface area (Å²) < 4.78 is 79.6. The van der Waals surface area contributed by atoms with Gasteiger partial charge in [-0.15, -0.1) is 0 Å². The molecule has 0 atom stereocenters. The molecule has 0 saturated carbocycles. The van der Waals surface area contributed by atoms with Crippen LogP contribution >= 0.6 is 0 Å². The highest BCUT2D eigenvalue weighted by Gasteiger charge is 2.38. The molecule has 0 aliphatic carbocycles. The van der Waals surface area contributed by atoms with E-state index in [4.69, 9.17) is 0 Å². The summed E-state index contributed by atoms with van der Waals surface area (Å²) in [5, 5.41) is 0. The fourth-order valence-electron chi connectivity index (χ4n) is 1.42. The fraction of sp³-hybridized carbons (Fsp3) is 0.455. The molecule has 1 heterocycles. The normalized spacial score (nSPS) is 12.3. The summed E-state index contributed by atoms with van der Waals surface area (Å²) in [5.41, 5.74) is -3.76. The average molecular weight is 301 g/mol. The first-order valence-corrected chi connectivity index (χ1v) is 5.34. The Hall–Kier alpha value is -1.80. The number of rotatable bonds is 3. The Balaban J connectivity index is 3.24. The summed E-state index contributed by atoms with van der Waals surface area (Å²) in [4.78, 5) is 13.9. The number of carbonyl (C=O) groups excluding carboxylic acids is 1. The van der Waals surface area contributed by atoms with Crippen LogP contribution in [0.2, 0.25) is 0 Å². The Kier molecular flexibility index (Phi) is 4.61. The first-order valence-electron chi connectivity index (χ1n) is 5.34. The van der Waals surface area contributed by atoms with E-state index < -0.39 is 41.6 Å². The molecule has 0 N–H and O–H groups in total. The lowest BCUT2D eigenvalue weighted by molar-refractivity contribution is -0.147. The summed E-state index contributed by atoms with van der Waals surface area (Å²) in [5.74, 6) is -1.06. The number of halogens is 6. The zero-order chi connectivity index (χ0) is 15.6. The molecule has 1 rings (SSSR count). The van der Waals surface area contributed by atoms with Crippen LogP contribution in [0.3, 0.4) is 0 Å². The van der Waals surface area contributed by atoms with Crippen LogP contribution in [0.5, 0.6) is 0 Å². The molecule has 0 unspecified atom stereocenters. The minimum absolute atomic E-state index is 0.0808. The lowest BCUT2D eigenvalue weighted by atomic mass is 10.1. The average Bonchev–Trinajstić information content (AvgIpc) is 2.26. The van der Waals surface area contributed by atoms with E-state index in [0.29, 0.717) is 0 Å². The molecule has 0 aliphatic rings. The second-order valence-electron chi connectivity index (χ2n) is 3.71. The summed E-state index contributed by atoms with van der Waals surface area (Å²) in [6, 6.07) is 0.257. The fourth-order valence-corrected chi connectivity index (χ4v) is 1.42. The molecule has 3 nitrogen and oxygen atoms in total. The molecule has 1 aromatic heterocycles. The zero-order valence-corrected chi connectivity index (χ0v) is 10.1. The summed E-state index contributed by atoms with van der Waals surface area (Å²) >= 11 is 0. The van der Waals surface area contributed by atoms with Crippen molar-refractivity contribution in [1.29, 1.82) is 0 Å². The van der Waals surface area contributed by atoms with Crippen molar-refractivity contribution >= 4 is 5.97 Å².